The number of phosphoric ester groups is 1. The van der Waals surface area contributed by atoms with Crippen LogP contribution in [0.4, 0.5) is 0 Å². The molecule has 0 radical (unpaired) electrons. The molecule has 5 nitrogen and oxygen atoms in total. The lowest BCUT2D eigenvalue weighted by molar-refractivity contribution is 0.145. The monoisotopic (exact) mass is 382 g/mol. The molecule has 0 rings (SSSR count). The summed E-state index contributed by atoms with van der Waals surface area (Å²) in [5.41, 5.74) is 0. The molecular formula is C19H43O5P. The fraction of sp³-hybridized carbons (Fsp3) is 1.00. The molecule has 0 aromatic carbocycles. The Morgan fingerprint density at radius 2 is 1.00 bits per heavy atom. The first-order valence-electron chi connectivity index (χ1n) is 10.2. The van der Waals surface area contributed by atoms with Gasteiger partial charge in [-0.3, -0.25) is 9.05 Å². The summed E-state index contributed by atoms with van der Waals surface area (Å²) in [6, 6.07) is 0. The predicted molar refractivity (Wildman–Crippen MR) is 106 cm³/mol. The van der Waals surface area contributed by atoms with Gasteiger partial charge in [0.05, 0.1) is 13.2 Å². The Labute approximate surface area is 156 Å². The van der Waals surface area contributed by atoms with E-state index in [4.69, 9.17) is 14.2 Å². The first kappa shape index (κ1) is 27.3. The quantitative estimate of drug-likeness (QED) is 0.244. The Hall–Kier alpha value is 0.0700. The minimum absolute atomic E-state index is 0.167. The van der Waals surface area contributed by atoms with Gasteiger partial charge in [0, 0.05) is 6.10 Å². The van der Waals surface area contributed by atoms with Crippen molar-refractivity contribution >= 4 is 7.82 Å². The summed E-state index contributed by atoms with van der Waals surface area (Å²) < 4.78 is 21.5. The summed E-state index contributed by atoms with van der Waals surface area (Å²) in [7, 11) is -3.82. The number of unbranched alkanes of at least 4 members (excludes halogenated alkanes) is 10. The molecule has 0 spiro atoms. The third kappa shape index (κ3) is 29.1. The highest BCUT2D eigenvalue weighted by Crippen LogP contribution is 2.43. The number of aliphatic hydroxyl groups excluding tert-OH is 1. The maximum Gasteiger partial charge on any atom is 0.472 e. The van der Waals surface area contributed by atoms with Crippen molar-refractivity contribution < 1.29 is 23.6 Å². The second-order valence-electron chi connectivity index (χ2n) is 6.76. The van der Waals surface area contributed by atoms with Gasteiger partial charge in [-0.25, -0.2) is 4.57 Å². The Morgan fingerprint density at radius 3 is 1.32 bits per heavy atom. The van der Waals surface area contributed by atoms with Gasteiger partial charge in [-0.2, -0.15) is 0 Å². The minimum atomic E-state index is -3.82. The summed E-state index contributed by atoms with van der Waals surface area (Å²) in [6.07, 6.45) is 13.4. The molecule has 0 heterocycles. The molecule has 154 valence electrons. The molecule has 0 saturated carbocycles. The van der Waals surface area contributed by atoms with Gasteiger partial charge in [-0.15, -0.1) is 0 Å². The van der Waals surface area contributed by atoms with Crippen molar-refractivity contribution in [2.75, 3.05) is 13.2 Å². The maximum absolute atomic E-state index is 11.6. The smallest absolute Gasteiger partial charge is 0.394 e. The molecule has 0 aliphatic rings. The molecule has 2 N–H and O–H groups in total. The van der Waals surface area contributed by atoms with Crippen LogP contribution in [0.1, 0.15) is 105 Å². The van der Waals surface area contributed by atoms with Crippen LogP contribution in [0.5, 0.6) is 0 Å². The van der Waals surface area contributed by atoms with Gasteiger partial charge >= 0.3 is 7.82 Å². The molecule has 0 atom stereocenters. The van der Waals surface area contributed by atoms with Crippen LogP contribution in [0.25, 0.3) is 0 Å². The van der Waals surface area contributed by atoms with Crippen LogP contribution in [0.3, 0.4) is 0 Å². The Morgan fingerprint density at radius 1 is 0.720 bits per heavy atom. The lowest BCUT2D eigenvalue weighted by atomic mass is 10.1. The summed E-state index contributed by atoms with van der Waals surface area (Å²) in [4.78, 5) is 9.51. The number of rotatable bonds is 16. The average Bonchev–Trinajstić information content (AvgIpc) is 2.52. The van der Waals surface area contributed by atoms with Crippen molar-refractivity contribution in [3.05, 3.63) is 0 Å². The first-order chi connectivity index (χ1) is 11.9. The molecule has 0 saturated heterocycles. The van der Waals surface area contributed by atoms with Crippen molar-refractivity contribution in [3.8, 4) is 0 Å². The third-order valence-electron chi connectivity index (χ3n) is 3.50. The highest BCUT2D eigenvalue weighted by molar-refractivity contribution is 7.47. The van der Waals surface area contributed by atoms with Gasteiger partial charge in [0.25, 0.3) is 0 Å². The van der Waals surface area contributed by atoms with Crippen LogP contribution >= 0.6 is 7.82 Å². The second kappa shape index (κ2) is 20.4. The third-order valence-corrected chi connectivity index (χ3v) is 4.52. The van der Waals surface area contributed by atoms with Crippen molar-refractivity contribution in [3.63, 3.8) is 0 Å². The fourth-order valence-electron chi connectivity index (χ4n) is 2.16. The van der Waals surface area contributed by atoms with E-state index < -0.39 is 7.82 Å². The van der Waals surface area contributed by atoms with Crippen LogP contribution < -0.4 is 0 Å². The van der Waals surface area contributed by atoms with E-state index >= 15 is 0 Å². The zero-order valence-electron chi connectivity index (χ0n) is 17.0. The van der Waals surface area contributed by atoms with Crippen LogP contribution in [-0.4, -0.2) is 29.3 Å². The van der Waals surface area contributed by atoms with Crippen LogP contribution in [0.2, 0.25) is 0 Å². The standard InChI is InChI=1S/C16H35O4P.C3H8O/c1-3-5-7-9-11-13-15-19-21(17,18)20-16-14-12-10-8-6-4-2;1-3(2)4/h3-16H2,1-2H3,(H,17,18);3-4H,1-2H3. The second-order valence-corrected chi connectivity index (χ2v) is 8.22. The lowest BCUT2D eigenvalue weighted by Crippen LogP contribution is -1.99. The van der Waals surface area contributed by atoms with Crippen molar-refractivity contribution in [1.29, 1.82) is 0 Å². The van der Waals surface area contributed by atoms with E-state index in [1.807, 2.05) is 0 Å². The molecule has 0 aliphatic carbocycles. The van der Waals surface area contributed by atoms with Gasteiger partial charge in [0.1, 0.15) is 0 Å². The maximum atomic E-state index is 11.6. The normalized spacial score (nSPS) is 11.5. The zero-order chi connectivity index (χ0) is 19.4. The molecular weight excluding hydrogens is 339 g/mol. The summed E-state index contributed by atoms with van der Waals surface area (Å²) in [5.74, 6) is 0. The Balaban J connectivity index is 0. The molecule has 0 amide bonds. The Bertz CT molecular complexity index is 273. The molecule has 0 unspecified atom stereocenters. The number of aliphatic hydroxyl groups is 1. The SMILES string of the molecule is CC(C)O.CCCCCCCCOP(=O)(O)OCCCCCCCC. The van der Waals surface area contributed by atoms with E-state index in [-0.39, 0.29) is 6.10 Å². The van der Waals surface area contributed by atoms with E-state index in [1.54, 1.807) is 13.8 Å². The molecule has 6 heteroatoms. The molecule has 0 aromatic rings. The van der Waals surface area contributed by atoms with Crippen molar-refractivity contribution in [2.24, 2.45) is 0 Å². The minimum Gasteiger partial charge on any atom is -0.394 e. The highest BCUT2D eigenvalue weighted by Gasteiger charge is 2.19. The van der Waals surface area contributed by atoms with Gasteiger partial charge in [-0.1, -0.05) is 78.1 Å². The van der Waals surface area contributed by atoms with Gasteiger partial charge in [-0.05, 0) is 26.7 Å². The fourth-order valence-corrected chi connectivity index (χ4v) is 2.96. The summed E-state index contributed by atoms with van der Waals surface area (Å²) >= 11 is 0. The largest absolute Gasteiger partial charge is 0.472 e. The molecule has 0 aliphatic heterocycles. The summed E-state index contributed by atoms with van der Waals surface area (Å²) in [6.45, 7) is 8.45. The predicted octanol–water partition coefficient (Wildman–Crippen LogP) is 6.23. The molecule has 0 bridgehead atoms. The molecule has 0 aromatic heterocycles. The average molecular weight is 383 g/mol. The van der Waals surface area contributed by atoms with E-state index in [0.29, 0.717) is 13.2 Å². The van der Waals surface area contributed by atoms with Crippen molar-refractivity contribution in [1.82, 2.24) is 0 Å². The van der Waals surface area contributed by atoms with Crippen LogP contribution in [0.15, 0.2) is 0 Å². The Kier molecular flexibility index (Phi) is 22.3. The number of phosphoric acid groups is 1. The zero-order valence-corrected chi connectivity index (χ0v) is 17.9. The highest BCUT2D eigenvalue weighted by atomic mass is 31.2. The van der Waals surface area contributed by atoms with Crippen molar-refractivity contribution in [2.45, 2.75) is 111 Å². The van der Waals surface area contributed by atoms with Crippen LogP contribution in [-0.2, 0) is 13.6 Å². The topological polar surface area (TPSA) is 76.0 Å². The molecule has 0 fully saturated rings. The number of hydrogen-bond acceptors (Lipinski definition) is 4. The number of hydrogen-bond donors (Lipinski definition) is 2. The molecule has 25 heavy (non-hydrogen) atoms. The van der Waals surface area contributed by atoms with Crippen LogP contribution in [0, 0.1) is 0 Å². The van der Waals surface area contributed by atoms with Gasteiger partial charge in [0.15, 0.2) is 0 Å². The van der Waals surface area contributed by atoms with E-state index in [1.165, 1.54) is 51.4 Å². The van der Waals surface area contributed by atoms with Gasteiger partial charge in [0.2, 0.25) is 0 Å². The van der Waals surface area contributed by atoms with E-state index in [2.05, 4.69) is 13.8 Å². The van der Waals surface area contributed by atoms with Gasteiger partial charge < -0.3 is 10.00 Å². The van der Waals surface area contributed by atoms with E-state index in [0.717, 1.165) is 25.7 Å². The first-order valence-corrected chi connectivity index (χ1v) is 11.6. The van der Waals surface area contributed by atoms with E-state index in [9.17, 15) is 9.46 Å². The lowest BCUT2D eigenvalue weighted by Gasteiger charge is -2.12. The summed E-state index contributed by atoms with van der Waals surface area (Å²) in [5, 5.41) is 8.06.